The van der Waals surface area contributed by atoms with E-state index >= 15 is 0 Å². The third-order valence-electron chi connectivity index (χ3n) is 5.67. The number of carbonyl (C=O) groups is 1. The van der Waals surface area contributed by atoms with Gasteiger partial charge in [-0.15, -0.1) is 0 Å². The number of carbonyl (C=O) groups excluding carboxylic acids is 1. The monoisotopic (exact) mass is 437 g/mol. The summed E-state index contributed by atoms with van der Waals surface area (Å²) in [5.41, 5.74) is -0.127. The Balaban J connectivity index is 1.71. The van der Waals surface area contributed by atoms with Crippen LogP contribution in [0.15, 0.2) is 23.0 Å². The number of nitrogens with one attached hydrogen (secondary N) is 1. The predicted octanol–water partition coefficient (Wildman–Crippen LogP) is 2.61. The first-order valence-electron chi connectivity index (χ1n) is 10.6. The summed E-state index contributed by atoms with van der Waals surface area (Å²) < 4.78 is 16.9. The van der Waals surface area contributed by atoms with Crippen molar-refractivity contribution in [1.82, 2.24) is 24.6 Å². The molecule has 30 heavy (non-hydrogen) atoms. The second kappa shape index (κ2) is 10.2. The summed E-state index contributed by atoms with van der Waals surface area (Å²) in [7, 11) is 0. The summed E-state index contributed by atoms with van der Waals surface area (Å²) in [6, 6.07) is 4.40. The van der Waals surface area contributed by atoms with Crippen LogP contribution < -0.4 is 11.0 Å². The molecule has 0 saturated heterocycles. The largest absolute Gasteiger partial charge is 0.355 e. The number of amides is 1. The standard InChI is InChI=1S/C21H29ClFN5O2/c1-3-26(4-2)12-7-11-24-20(29)15-8-6-13-27-19(15)25-28(21(27)30)14-16-17(22)9-5-10-18(16)23/h5,9-10,15H,3-4,6-8,11-14H2,1-2H3,(H,24,29). The lowest BCUT2D eigenvalue weighted by atomic mass is 9.98. The smallest absolute Gasteiger partial charge is 0.346 e. The van der Waals surface area contributed by atoms with Gasteiger partial charge in [-0.2, -0.15) is 5.10 Å². The SMILES string of the molecule is CCN(CC)CCCNC(=O)C1CCCn2c1nn(Cc1c(F)cccc1Cl)c2=O. The van der Waals surface area contributed by atoms with Crippen LogP contribution >= 0.6 is 11.6 Å². The van der Waals surface area contributed by atoms with Crippen molar-refractivity contribution in [2.45, 2.75) is 52.1 Å². The first-order chi connectivity index (χ1) is 14.5. The average molecular weight is 438 g/mol. The van der Waals surface area contributed by atoms with Gasteiger partial charge in [0.1, 0.15) is 11.6 Å². The molecule has 2 aromatic rings. The summed E-state index contributed by atoms with van der Waals surface area (Å²) in [5, 5.41) is 7.61. The van der Waals surface area contributed by atoms with Crippen molar-refractivity contribution in [2.24, 2.45) is 0 Å². The minimum absolute atomic E-state index is 0.0669. The van der Waals surface area contributed by atoms with Gasteiger partial charge < -0.3 is 10.2 Å². The lowest BCUT2D eigenvalue weighted by Gasteiger charge is -2.22. The van der Waals surface area contributed by atoms with Crippen LogP contribution in [0.4, 0.5) is 4.39 Å². The maximum absolute atomic E-state index is 14.1. The molecule has 1 unspecified atom stereocenters. The van der Waals surface area contributed by atoms with Crippen LogP contribution in [0.25, 0.3) is 0 Å². The highest BCUT2D eigenvalue weighted by Gasteiger charge is 2.31. The zero-order valence-corrected chi connectivity index (χ0v) is 18.3. The van der Waals surface area contributed by atoms with Crippen molar-refractivity contribution >= 4 is 17.5 Å². The van der Waals surface area contributed by atoms with E-state index in [9.17, 15) is 14.0 Å². The van der Waals surface area contributed by atoms with Gasteiger partial charge in [0, 0.05) is 23.7 Å². The maximum Gasteiger partial charge on any atom is 0.346 e. The van der Waals surface area contributed by atoms with Crippen LogP contribution in [0.1, 0.15) is 50.4 Å². The Morgan fingerprint density at radius 3 is 2.83 bits per heavy atom. The molecule has 164 valence electrons. The molecule has 0 spiro atoms. The van der Waals surface area contributed by atoms with E-state index < -0.39 is 11.7 Å². The molecular formula is C21H29ClFN5O2. The molecule has 1 N–H and O–H groups in total. The molecule has 2 heterocycles. The van der Waals surface area contributed by atoms with E-state index in [-0.39, 0.29) is 28.7 Å². The molecular weight excluding hydrogens is 409 g/mol. The predicted molar refractivity (Wildman–Crippen MR) is 114 cm³/mol. The summed E-state index contributed by atoms with van der Waals surface area (Å²) in [6.45, 7) is 8.17. The van der Waals surface area contributed by atoms with Crippen molar-refractivity contribution in [2.75, 3.05) is 26.2 Å². The fraction of sp³-hybridized carbons (Fsp3) is 0.571. The zero-order valence-electron chi connectivity index (χ0n) is 17.5. The van der Waals surface area contributed by atoms with Crippen LogP contribution in [0.5, 0.6) is 0 Å². The van der Waals surface area contributed by atoms with Gasteiger partial charge in [-0.1, -0.05) is 31.5 Å². The number of halogens is 2. The van der Waals surface area contributed by atoms with Gasteiger partial charge in [0.2, 0.25) is 5.91 Å². The van der Waals surface area contributed by atoms with Crippen molar-refractivity contribution in [3.05, 3.63) is 50.9 Å². The van der Waals surface area contributed by atoms with Crippen molar-refractivity contribution in [1.29, 1.82) is 0 Å². The molecule has 7 nitrogen and oxygen atoms in total. The Kier molecular flexibility index (Phi) is 7.66. The topological polar surface area (TPSA) is 72.2 Å². The fourth-order valence-corrected chi connectivity index (χ4v) is 4.09. The number of nitrogens with zero attached hydrogens (tertiary/aromatic N) is 4. The molecule has 1 aromatic carbocycles. The van der Waals surface area contributed by atoms with Crippen LogP contribution in [0, 0.1) is 5.82 Å². The Labute approximate surface area is 180 Å². The first-order valence-corrected chi connectivity index (χ1v) is 10.9. The second-order valence-corrected chi connectivity index (χ2v) is 7.92. The van der Waals surface area contributed by atoms with E-state index in [1.54, 1.807) is 6.07 Å². The Morgan fingerprint density at radius 2 is 2.13 bits per heavy atom. The zero-order chi connectivity index (χ0) is 21.7. The molecule has 0 fully saturated rings. The number of rotatable bonds is 9. The van der Waals surface area contributed by atoms with Gasteiger partial charge in [-0.05, 0) is 51.0 Å². The van der Waals surface area contributed by atoms with Gasteiger partial charge in [0.15, 0.2) is 0 Å². The molecule has 1 amide bonds. The number of benzene rings is 1. The highest BCUT2D eigenvalue weighted by Crippen LogP contribution is 2.25. The molecule has 3 rings (SSSR count). The van der Waals surface area contributed by atoms with E-state index in [0.717, 1.165) is 32.5 Å². The summed E-state index contributed by atoms with van der Waals surface area (Å²) >= 11 is 6.09. The minimum Gasteiger partial charge on any atom is -0.355 e. The fourth-order valence-electron chi connectivity index (χ4n) is 3.87. The molecule has 0 saturated carbocycles. The Morgan fingerprint density at radius 1 is 1.37 bits per heavy atom. The van der Waals surface area contributed by atoms with E-state index in [2.05, 4.69) is 29.2 Å². The third kappa shape index (κ3) is 4.92. The van der Waals surface area contributed by atoms with E-state index in [0.29, 0.717) is 25.3 Å². The van der Waals surface area contributed by atoms with Crippen LogP contribution in [0.3, 0.4) is 0 Å². The minimum atomic E-state index is -0.483. The van der Waals surface area contributed by atoms with Gasteiger partial charge in [-0.3, -0.25) is 9.36 Å². The molecule has 0 radical (unpaired) electrons. The normalized spacial score (nSPS) is 16.0. The summed E-state index contributed by atoms with van der Waals surface area (Å²) in [5.74, 6) is -0.628. The van der Waals surface area contributed by atoms with E-state index in [1.807, 2.05) is 0 Å². The van der Waals surface area contributed by atoms with Gasteiger partial charge in [-0.25, -0.2) is 13.9 Å². The van der Waals surface area contributed by atoms with Crippen LogP contribution in [-0.2, 0) is 17.9 Å². The van der Waals surface area contributed by atoms with E-state index in [4.69, 9.17) is 11.6 Å². The molecule has 0 bridgehead atoms. The Hall–Kier alpha value is -2.19. The number of hydrogen-bond acceptors (Lipinski definition) is 4. The van der Waals surface area contributed by atoms with Crippen molar-refractivity contribution < 1.29 is 9.18 Å². The molecule has 1 aromatic heterocycles. The lowest BCUT2D eigenvalue weighted by molar-refractivity contribution is -0.123. The summed E-state index contributed by atoms with van der Waals surface area (Å²) in [6.07, 6.45) is 2.22. The highest BCUT2D eigenvalue weighted by atomic mass is 35.5. The molecule has 1 aliphatic heterocycles. The van der Waals surface area contributed by atoms with Crippen molar-refractivity contribution in [3.63, 3.8) is 0 Å². The van der Waals surface area contributed by atoms with Crippen LogP contribution in [-0.4, -0.2) is 51.3 Å². The summed E-state index contributed by atoms with van der Waals surface area (Å²) in [4.78, 5) is 27.8. The molecule has 1 aliphatic rings. The molecule has 1 atom stereocenters. The van der Waals surface area contributed by atoms with Gasteiger partial charge in [0.25, 0.3) is 0 Å². The van der Waals surface area contributed by atoms with Gasteiger partial charge in [0.05, 0.1) is 12.5 Å². The number of hydrogen-bond donors (Lipinski definition) is 1. The molecule has 9 heteroatoms. The maximum atomic E-state index is 14.1. The second-order valence-electron chi connectivity index (χ2n) is 7.52. The number of aromatic nitrogens is 3. The lowest BCUT2D eigenvalue weighted by Crippen LogP contribution is -2.36. The molecule has 0 aliphatic carbocycles. The first kappa shape index (κ1) is 22.5. The highest BCUT2D eigenvalue weighted by molar-refractivity contribution is 6.31. The quantitative estimate of drug-likeness (QED) is 0.612. The van der Waals surface area contributed by atoms with Crippen LogP contribution in [0.2, 0.25) is 5.02 Å². The number of fused-ring (bicyclic) bond motifs is 1. The Bertz CT molecular complexity index is 918. The average Bonchev–Trinajstić information content (AvgIpc) is 3.06. The third-order valence-corrected chi connectivity index (χ3v) is 6.02. The van der Waals surface area contributed by atoms with Gasteiger partial charge >= 0.3 is 5.69 Å². The van der Waals surface area contributed by atoms with E-state index in [1.165, 1.54) is 21.4 Å². The van der Waals surface area contributed by atoms with Crippen molar-refractivity contribution in [3.8, 4) is 0 Å².